The standard InChI is InChI=1S/C13H11N3/c1-3-12-9-15-16(10(12)2)13-6-4-11(8-14)5-7-13/h3-7,9H,1H2,2H3. The van der Waals surface area contributed by atoms with E-state index in [4.69, 9.17) is 5.26 Å². The summed E-state index contributed by atoms with van der Waals surface area (Å²) in [5.74, 6) is 0. The summed E-state index contributed by atoms with van der Waals surface area (Å²) in [6, 6.07) is 9.42. The monoisotopic (exact) mass is 209 g/mol. The third-order valence-electron chi connectivity index (χ3n) is 2.51. The van der Waals surface area contributed by atoms with Gasteiger partial charge in [-0.05, 0) is 31.2 Å². The predicted octanol–water partition coefficient (Wildman–Crippen LogP) is 2.70. The highest BCUT2D eigenvalue weighted by atomic mass is 15.3. The van der Waals surface area contributed by atoms with Gasteiger partial charge in [-0.1, -0.05) is 12.7 Å². The van der Waals surface area contributed by atoms with Crippen molar-refractivity contribution in [2.45, 2.75) is 6.92 Å². The smallest absolute Gasteiger partial charge is 0.0991 e. The zero-order valence-corrected chi connectivity index (χ0v) is 9.01. The van der Waals surface area contributed by atoms with E-state index in [2.05, 4.69) is 17.7 Å². The summed E-state index contributed by atoms with van der Waals surface area (Å²) in [6.45, 7) is 5.72. The third-order valence-corrected chi connectivity index (χ3v) is 2.51. The quantitative estimate of drug-likeness (QED) is 0.763. The minimum absolute atomic E-state index is 0.650. The van der Waals surface area contributed by atoms with Gasteiger partial charge < -0.3 is 0 Å². The van der Waals surface area contributed by atoms with E-state index in [9.17, 15) is 0 Å². The van der Waals surface area contributed by atoms with Crippen molar-refractivity contribution in [2.24, 2.45) is 0 Å². The van der Waals surface area contributed by atoms with E-state index in [0.29, 0.717) is 5.56 Å². The lowest BCUT2D eigenvalue weighted by atomic mass is 10.2. The van der Waals surface area contributed by atoms with Crippen LogP contribution in [0.4, 0.5) is 0 Å². The van der Waals surface area contributed by atoms with Crippen molar-refractivity contribution in [3.63, 3.8) is 0 Å². The Morgan fingerprint density at radius 1 is 1.38 bits per heavy atom. The van der Waals surface area contributed by atoms with Gasteiger partial charge in [-0.25, -0.2) is 4.68 Å². The summed E-state index contributed by atoms with van der Waals surface area (Å²) >= 11 is 0. The Hall–Kier alpha value is -2.34. The number of nitriles is 1. The summed E-state index contributed by atoms with van der Waals surface area (Å²) in [6.07, 6.45) is 3.56. The average molecular weight is 209 g/mol. The van der Waals surface area contributed by atoms with Gasteiger partial charge in [-0.15, -0.1) is 0 Å². The molecular formula is C13H11N3. The Morgan fingerprint density at radius 3 is 2.56 bits per heavy atom. The molecule has 0 atom stereocenters. The van der Waals surface area contributed by atoms with Crippen molar-refractivity contribution in [3.05, 3.63) is 53.9 Å². The minimum atomic E-state index is 0.650. The molecular weight excluding hydrogens is 198 g/mol. The summed E-state index contributed by atoms with van der Waals surface area (Å²) in [5.41, 5.74) is 3.66. The Balaban J connectivity index is 2.47. The van der Waals surface area contributed by atoms with Gasteiger partial charge in [0.1, 0.15) is 0 Å². The highest BCUT2D eigenvalue weighted by Gasteiger charge is 2.05. The van der Waals surface area contributed by atoms with Crippen LogP contribution in [0, 0.1) is 18.3 Å². The third kappa shape index (κ3) is 1.61. The maximum absolute atomic E-state index is 8.71. The number of benzene rings is 1. The first kappa shape index (κ1) is 10.2. The molecule has 0 radical (unpaired) electrons. The van der Waals surface area contributed by atoms with E-state index in [1.54, 1.807) is 24.4 Å². The molecule has 0 aliphatic carbocycles. The molecule has 2 aromatic rings. The van der Waals surface area contributed by atoms with Gasteiger partial charge in [-0.2, -0.15) is 10.4 Å². The lowest BCUT2D eigenvalue weighted by Gasteiger charge is -2.04. The first-order valence-corrected chi connectivity index (χ1v) is 4.94. The first-order valence-electron chi connectivity index (χ1n) is 4.94. The van der Waals surface area contributed by atoms with Crippen LogP contribution in [0.3, 0.4) is 0 Å². The fourth-order valence-electron chi connectivity index (χ4n) is 1.56. The normalized spacial score (nSPS) is 9.75. The molecule has 0 N–H and O–H groups in total. The number of nitrogens with zero attached hydrogens (tertiary/aromatic N) is 3. The Morgan fingerprint density at radius 2 is 2.06 bits per heavy atom. The van der Waals surface area contributed by atoms with Gasteiger partial charge in [-0.3, -0.25) is 0 Å². The van der Waals surface area contributed by atoms with Crippen LogP contribution >= 0.6 is 0 Å². The molecule has 1 heterocycles. The molecule has 0 aliphatic rings. The van der Waals surface area contributed by atoms with E-state index >= 15 is 0 Å². The average Bonchev–Trinajstić information content (AvgIpc) is 2.70. The second kappa shape index (κ2) is 4.03. The molecule has 2 rings (SSSR count). The molecule has 0 aliphatic heterocycles. The van der Waals surface area contributed by atoms with Crippen molar-refractivity contribution in [3.8, 4) is 11.8 Å². The van der Waals surface area contributed by atoms with Crippen LogP contribution in [0.1, 0.15) is 16.8 Å². The summed E-state index contributed by atoms with van der Waals surface area (Å²) < 4.78 is 1.83. The SMILES string of the molecule is C=Cc1cnn(-c2ccc(C#N)cc2)c1C. The molecule has 78 valence electrons. The van der Waals surface area contributed by atoms with Crippen LogP contribution < -0.4 is 0 Å². The van der Waals surface area contributed by atoms with Crippen molar-refractivity contribution in [1.29, 1.82) is 5.26 Å². The topological polar surface area (TPSA) is 41.6 Å². The van der Waals surface area contributed by atoms with Gasteiger partial charge in [0, 0.05) is 11.3 Å². The first-order chi connectivity index (χ1) is 7.76. The molecule has 0 saturated carbocycles. The molecule has 0 unspecified atom stereocenters. The van der Waals surface area contributed by atoms with Crippen LogP contribution in [-0.4, -0.2) is 9.78 Å². The molecule has 0 spiro atoms. The summed E-state index contributed by atoms with van der Waals surface area (Å²) in [7, 11) is 0. The minimum Gasteiger partial charge on any atom is -0.237 e. The van der Waals surface area contributed by atoms with Gasteiger partial charge in [0.2, 0.25) is 0 Å². The van der Waals surface area contributed by atoms with Crippen molar-refractivity contribution < 1.29 is 0 Å². The lowest BCUT2D eigenvalue weighted by Crippen LogP contribution is -1.98. The van der Waals surface area contributed by atoms with E-state index in [-0.39, 0.29) is 0 Å². The van der Waals surface area contributed by atoms with Crippen molar-refractivity contribution in [2.75, 3.05) is 0 Å². The fourth-order valence-corrected chi connectivity index (χ4v) is 1.56. The molecule has 0 bridgehead atoms. The number of aromatic nitrogens is 2. The number of hydrogen-bond donors (Lipinski definition) is 0. The van der Waals surface area contributed by atoms with Crippen LogP contribution in [0.15, 0.2) is 37.0 Å². The number of hydrogen-bond acceptors (Lipinski definition) is 2. The maximum atomic E-state index is 8.71. The van der Waals surface area contributed by atoms with Crippen LogP contribution in [0.25, 0.3) is 11.8 Å². The second-order valence-corrected chi connectivity index (χ2v) is 3.46. The van der Waals surface area contributed by atoms with Crippen LogP contribution in [0.2, 0.25) is 0 Å². The fraction of sp³-hybridized carbons (Fsp3) is 0.0769. The van der Waals surface area contributed by atoms with Crippen LogP contribution in [-0.2, 0) is 0 Å². The lowest BCUT2D eigenvalue weighted by molar-refractivity contribution is 0.846. The molecule has 3 heteroatoms. The van der Waals surface area contributed by atoms with Gasteiger partial charge in [0.05, 0.1) is 23.5 Å². The van der Waals surface area contributed by atoms with E-state index < -0.39 is 0 Å². The molecule has 0 amide bonds. The molecule has 3 nitrogen and oxygen atoms in total. The van der Waals surface area contributed by atoms with Crippen LogP contribution in [0.5, 0.6) is 0 Å². The predicted molar refractivity (Wildman–Crippen MR) is 63.1 cm³/mol. The van der Waals surface area contributed by atoms with E-state index in [1.807, 2.05) is 23.7 Å². The Kier molecular flexibility index (Phi) is 2.57. The zero-order valence-electron chi connectivity index (χ0n) is 9.01. The molecule has 0 fully saturated rings. The largest absolute Gasteiger partial charge is 0.237 e. The molecule has 1 aromatic carbocycles. The molecule has 1 aromatic heterocycles. The van der Waals surface area contributed by atoms with E-state index in [1.165, 1.54) is 0 Å². The van der Waals surface area contributed by atoms with Crippen molar-refractivity contribution >= 4 is 6.08 Å². The van der Waals surface area contributed by atoms with Gasteiger partial charge in [0.25, 0.3) is 0 Å². The molecule has 0 saturated heterocycles. The Bertz CT molecular complexity index is 556. The highest BCUT2D eigenvalue weighted by molar-refractivity contribution is 5.50. The molecule has 16 heavy (non-hydrogen) atoms. The van der Waals surface area contributed by atoms with Gasteiger partial charge >= 0.3 is 0 Å². The zero-order chi connectivity index (χ0) is 11.5. The number of rotatable bonds is 2. The second-order valence-electron chi connectivity index (χ2n) is 3.46. The summed E-state index contributed by atoms with van der Waals surface area (Å²) in [4.78, 5) is 0. The maximum Gasteiger partial charge on any atom is 0.0991 e. The summed E-state index contributed by atoms with van der Waals surface area (Å²) in [5, 5.41) is 13.0. The Labute approximate surface area is 94.3 Å². The van der Waals surface area contributed by atoms with Crippen molar-refractivity contribution in [1.82, 2.24) is 9.78 Å². The van der Waals surface area contributed by atoms with Gasteiger partial charge in [0.15, 0.2) is 0 Å². The highest BCUT2D eigenvalue weighted by Crippen LogP contribution is 2.15. The van der Waals surface area contributed by atoms with E-state index in [0.717, 1.165) is 16.9 Å².